The van der Waals surface area contributed by atoms with Gasteiger partial charge in [-0.1, -0.05) is 30.3 Å². The number of piperidine rings is 1. The molecule has 124 valence electrons. The number of hydrogen-bond donors (Lipinski definition) is 2. The monoisotopic (exact) mass is 321 g/mol. The molecule has 1 amide bonds. The van der Waals surface area contributed by atoms with Crippen LogP contribution in [0.4, 0.5) is 0 Å². The zero-order chi connectivity index (χ0) is 16.5. The molecule has 0 radical (unpaired) electrons. The standard InChI is InChI=1S/C20H23N3O/c1-13-18(9-10-19(21-13)14-5-3-2-4-6-14)20(24)23-17-11-15-7-8-16(12-17)22-15/h2-6,9-10,15-17,22H,7-8,11-12H2,1H3,(H,23,24). The van der Waals surface area contributed by atoms with Crippen LogP contribution in [-0.4, -0.2) is 29.0 Å². The van der Waals surface area contributed by atoms with Crippen molar-refractivity contribution in [3.63, 3.8) is 0 Å². The molecule has 4 heteroatoms. The fourth-order valence-electron chi connectivity index (χ4n) is 4.01. The van der Waals surface area contributed by atoms with Gasteiger partial charge in [0.15, 0.2) is 0 Å². The number of amides is 1. The van der Waals surface area contributed by atoms with Gasteiger partial charge in [0.05, 0.1) is 17.0 Å². The van der Waals surface area contributed by atoms with Crippen molar-refractivity contribution in [1.29, 1.82) is 0 Å². The summed E-state index contributed by atoms with van der Waals surface area (Å²) in [5.74, 6) is 0.00547. The Hall–Kier alpha value is -2.20. The van der Waals surface area contributed by atoms with Gasteiger partial charge in [0.25, 0.3) is 5.91 Å². The van der Waals surface area contributed by atoms with Crippen molar-refractivity contribution < 1.29 is 4.79 Å². The fourth-order valence-corrected chi connectivity index (χ4v) is 4.01. The number of aryl methyl sites for hydroxylation is 1. The lowest BCUT2D eigenvalue weighted by Crippen LogP contribution is -2.48. The van der Waals surface area contributed by atoms with Crippen LogP contribution in [0.2, 0.25) is 0 Å². The normalized spacial score (nSPS) is 25.5. The van der Waals surface area contributed by atoms with Crippen molar-refractivity contribution in [2.45, 2.75) is 50.7 Å². The molecule has 2 saturated heterocycles. The second-order valence-corrected chi connectivity index (χ2v) is 6.98. The molecule has 0 spiro atoms. The smallest absolute Gasteiger partial charge is 0.253 e. The summed E-state index contributed by atoms with van der Waals surface area (Å²) in [6, 6.07) is 15.3. The van der Waals surface area contributed by atoms with E-state index in [4.69, 9.17) is 0 Å². The second kappa shape index (κ2) is 6.36. The van der Waals surface area contributed by atoms with Gasteiger partial charge in [-0.15, -0.1) is 0 Å². The first-order valence-corrected chi connectivity index (χ1v) is 8.79. The van der Waals surface area contributed by atoms with Crippen LogP contribution >= 0.6 is 0 Å². The van der Waals surface area contributed by atoms with Crippen LogP contribution in [0.3, 0.4) is 0 Å². The van der Waals surface area contributed by atoms with E-state index in [1.54, 1.807) is 0 Å². The molecule has 24 heavy (non-hydrogen) atoms. The van der Waals surface area contributed by atoms with E-state index in [0.29, 0.717) is 17.6 Å². The molecule has 2 atom stereocenters. The highest BCUT2D eigenvalue weighted by Gasteiger charge is 2.34. The summed E-state index contributed by atoms with van der Waals surface area (Å²) >= 11 is 0. The molecule has 1 aromatic carbocycles. The zero-order valence-corrected chi connectivity index (χ0v) is 14.0. The van der Waals surface area contributed by atoms with E-state index in [-0.39, 0.29) is 11.9 Å². The molecule has 2 aromatic rings. The Morgan fingerprint density at radius 3 is 2.46 bits per heavy atom. The number of rotatable bonds is 3. The number of fused-ring (bicyclic) bond motifs is 2. The maximum absolute atomic E-state index is 12.6. The minimum absolute atomic E-state index is 0.00547. The average Bonchev–Trinajstić information content (AvgIpc) is 2.94. The average molecular weight is 321 g/mol. The van der Waals surface area contributed by atoms with Gasteiger partial charge in [-0.05, 0) is 44.7 Å². The molecule has 2 bridgehead atoms. The predicted molar refractivity (Wildman–Crippen MR) is 94.8 cm³/mol. The molecular weight excluding hydrogens is 298 g/mol. The fraction of sp³-hybridized carbons (Fsp3) is 0.400. The van der Waals surface area contributed by atoms with Crippen molar-refractivity contribution in [2.24, 2.45) is 0 Å². The Labute approximate surface area is 142 Å². The topological polar surface area (TPSA) is 54.0 Å². The Morgan fingerprint density at radius 1 is 1.08 bits per heavy atom. The number of carbonyl (C=O) groups is 1. The highest BCUT2D eigenvalue weighted by atomic mass is 16.1. The van der Waals surface area contributed by atoms with Crippen LogP contribution < -0.4 is 10.6 Å². The third-order valence-corrected chi connectivity index (χ3v) is 5.21. The van der Waals surface area contributed by atoms with Gasteiger partial charge < -0.3 is 10.6 Å². The Balaban J connectivity index is 1.48. The maximum atomic E-state index is 12.6. The summed E-state index contributed by atoms with van der Waals surface area (Å²) in [5.41, 5.74) is 3.44. The second-order valence-electron chi connectivity index (χ2n) is 6.98. The number of pyridine rings is 1. The molecular formula is C20H23N3O. The van der Waals surface area contributed by atoms with Crippen molar-refractivity contribution in [2.75, 3.05) is 0 Å². The summed E-state index contributed by atoms with van der Waals surface area (Å²) in [5, 5.41) is 6.82. The van der Waals surface area contributed by atoms with E-state index < -0.39 is 0 Å². The Bertz CT molecular complexity index is 732. The summed E-state index contributed by atoms with van der Waals surface area (Å²) < 4.78 is 0. The number of nitrogens with one attached hydrogen (secondary N) is 2. The number of nitrogens with zero attached hydrogens (tertiary/aromatic N) is 1. The van der Waals surface area contributed by atoms with Crippen molar-refractivity contribution in [3.8, 4) is 11.3 Å². The molecule has 2 N–H and O–H groups in total. The van der Waals surface area contributed by atoms with E-state index in [0.717, 1.165) is 29.8 Å². The molecule has 3 heterocycles. The van der Waals surface area contributed by atoms with Gasteiger partial charge >= 0.3 is 0 Å². The molecule has 4 nitrogen and oxygen atoms in total. The zero-order valence-electron chi connectivity index (χ0n) is 14.0. The van der Waals surface area contributed by atoms with Crippen LogP contribution in [0.25, 0.3) is 11.3 Å². The molecule has 0 saturated carbocycles. The number of benzene rings is 1. The van der Waals surface area contributed by atoms with E-state index in [9.17, 15) is 4.79 Å². The van der Waals surface area contributed by atoms with E-state index in [1.807, 2.05) is 49.4 Å². The molecule has 2 aliphatic heterocycles. The summed E-state index contributed by atoms with van der Waals surface area (Å²) in [7, 11) is 0. The van der Waals surface area contributed by atoms with E-state index in [2.05, 4.69) is 15.6 Å². The van der Waals surface area contributed by atoms with Gasteiger partial charge in [-0.25, -0.2) is 0 Å². The van der Waals surface area contributed by atoms with Crippen molar-refractivity contribution >= 4 is 5.91 Å². The molecule has 2 fully saturated rings. The Morgan fingerprint density at radius 2 is 1.79 bits per heavy atom. The summed E-state index contributed by atoms with van der Waals surface area (Å²) in [6.45, 7) is 1.91. The first kappa shape index (κ1) is 15.3. The lowest BCUT2D eigenvalue weighted by atomic mass is 9.99. The number of hydrogen-bond acceptors (Lipinski definition) is 3. The van der Waals surface area contributed by atoms with E-state index in [1.165, 1.54) is 12.8 Å². The largest absolute Gasteiger partial charge is 0.349 e. The first-order valence-electron chi connectivity index (χ1n) is 8.79. The molecule has 1 aromatic heterocycles. The predicted octanol–water partition coefficient (Wildman–Crippen LogP) is 3.07. The third kappa shape index (κ3) is 3.06. The first-order chi connectivity index (χ1) is 11.7. The van der Waals surface area contributed by atoms with Crippen LogP contribution in [-0.2, 0) is 0 Å². The summed E-state index contributed by atoms with van der Waals surface area (Å²) in [4.78, 5) is 17.3. The molecule has 2 aliphatic rings. The molecule has 0 aliphatic carbocycles. The highest BCUT2D eigenvalue weighted by molar-refractivity contribution is 5.95. The number of aromatic nitrogens is 1. The van der Waals surface area contributed by atoms with Crippen LogP contribution in [0.15, 0.2) is 42.5 Å². The number of carbonyl (C=O) groups excluding carboxylic acids is 1. The maximum Gasteiger partial charge on any atom is 0.253 e. The van der Waals surface area contributed by atoms with E-state index >= 15 is 0 Å². The van der Waals surface area contributed by atoms with Crippen LogP contribution in [0.1, 0.15) is 41.7 Å². The lowest BCUT2D eigenvalue weighted by Gasteiger charge is -2.29. The molecule has 2 unspecified atom stereocenters. The van der Waals surface area contributed by atoms with Gasteiger partial charge in [0, 0.05) is 23.7 Å². The minimum atomic E-state index is 0.00547. The Kier molecular flexibility index (Phi) is 4.07. The summed E-state index contributed by atoms with van der Waals surface area (Å²) in [6.07, 6.45) is 4.56. The SMILES string of the molecule is Cc1nc(-c2ccccc2)ccc1C(=O)NC1CC2CCC(C1)N2. The third-order valence-electron chi connectivity index (χ3n) is 5.21. The highest BCUT2D eigenvalue weighted by Crippen LogP contribution is 2.27. The minimum Gasteiger partial charge on any atom is -0.349 e. The van der Waals surface area contributed by atoms with Gasteiger partial charge in [0.1, 0.15) is 0 Å². The van der Waals surface area contributed by atoms with Crippen LogP contribution in [0.5, 0.6) is 0 Å². The van der Waals surface area contributed by atoms with Crippen molar-refractivity contribution in [1.82, 2.24) is 15.6 Å². The van der Waals surface area contributed by atoms with Gasteiger partial charge in [-0.3, -0.25) is 9.78 Å². The van der Waals surface area contributed by atoms with Gasteiger partial charge in [0.2, 0.25) is 0 Å². The van der Waals surface area contributed by atoms with Crippen LogP contribution in [0, 0.1) is 6.92 Å². The van der Waals surface area contributed by atoms with Crippen molar-refractivity contribution in [3.05, 3.63) is 53.7 Å². The lowest BCUT2D eigenvalue weighted by molar-refractivity contribution is 0.0923. The van der Waals surface area contributed by atoms with Gasteiger partial charge in [-0.2, -0.15) is 0 Å². The quantitative estimate of drug-likeness (QED) is 0.913. The molecule has 4 rings (SSSR count).